The van der Waals surface area contributed by atoms with Gasteiger partial charge in [0.25, 0.3) is 0 Å². The predicted molar refractivity (Wildman–Crippen MR) is 146 cm³/mol. The Morgan fingerprint density at radius 1 is 1.11 bits per heavy atom. The summed E-state index contributed by atoms with van der Waals surface area (Å²) in [6.07, 6.45) is 24.9. The van der Waals surface area contributed by atoms with Crippen molar-refractivity contribution in [3.8, 4) is 0 Å². The molecule has 0 radical (unpaired) electrons. The summed E-state index contributed by atoms with van der Waals surface area (Å²) >= 11 is 0. The number of unbranched alkanes of at least 4 members (excludes halogenated alkanes) is 6. The van der Waals surface area contributed by atoms with Crippen molar-refractivity contribution in [2.75, 3.05) is 6.61 Å². The van der Waals surface area contributed by atoms with Crippen molar-refractivity contribution in [3.63, 3.8) is 0 Å². The van der Waals surface area contributed by atoms with Gasteiger partial charge in [-0.3, -0.25) is 4.79 Å². The number of hydrogen-bond acceptors (Lipinski definition) is 4. The van der Waals surface area contributed by atoms with Gasteiger partial charge in [-0.25, -0.2) is 0 Å². The normalized spacial score (nSPS) is 22.5. The summed E-state index contributed by atoms with van der Waals surface area (Å²) in [5.41, 5.74) is 1.89. The first-order valence-corrected chi connectivity index (χ1v) is 14.4. The maximum atomic E-state index is 10.9. The van der Waals surface area contributed by atoms with Gasteiger partial charge in [-0.15, -0.1) is 6.58 Å². The molecule has 1 saturated carbocycles. The number of fused-ring (bicyclic) bond motifs is 1. The number of rotatable bonds is 15. The van der Waals surface area contributed by atoms with E-state index in [2.05, 4.69) is 33.4 Å². The Hall–Kier alpha value is -1.42. The van der Waals surface area contributed by atoms with Crippen molar-refractivity contribution in [3.05, 3.63) is 24.3 Å². The summed E-state index contributed by atoms with van der Waals surface area (Å²) in [5.74, 6) is 1.85. The second-order valence-corrected chi connectivity index (χ2v) is 11.4. The molecule has 1 heterocycles. The fourth-order valence-corrected chi connectivity index (χ4v) is 5.48. The number of hydrogen-bond donors (Lipinski definition) is 1. The number of cyclic esters (lactones) is 1. The summed E-state index contributed by atoms with van der Waals surface area (Å²) in [6, 6.07) is 0. The molecule has 0 amide bonds. The number of aliphatic hydroxyl groups is 1. The first-order valence-electron chi connectivity index (χ1n) is 14.4. The lowest BCUT2D eigenvalue weighted by Crippen LogP contribution is -2.28. The largest absolute Gasteiger partial charge is 0.462 e. The molecule has 0 aromatic heterocycles. The van der Waals surface area contributed by atoms with E-state index in [4.69, 9.17) is 9.84 Å². The van der Waals surface area contributed by atoms with Gasteiger partial charge in [0.15, 0.2) is 0 Å². The van der Waals surface area contributed by atoms with E-state index in [1.54, 1.807) is 5.57 Å². The molecule has 1 saturated heterocycles. The molecule has 4 aliphatic rings. The van der Waals surface area contributed by atoms with Gasteiger partial charge in [-0.2, -0.15) is 0 Å². The van der Waals surface area contributed by atoms with Crippen LogP contribution in [-0.4, -0.2) is 30.1 Å². The molecule has 35 heavy (non-hydrogen) atoms. The Morgan fingerprint density at radius 3 is 2.31 bits per heavy atom. The number of carbonyl (C=O) groups is 2. The molecule has 0 aromatic carbocycles. The Morgan fingerprint density at radius 2 is 1.80 bits per heavy atom. The molecule has 4 rings (SSSR count). The highest BCUT2D eigenvalue weighted by molar-refractivity contribution is 5.71. The van der Waals surface area contributed by atoms with Crippen LogP contribution >= 0.6 is 0 Å². The van der Waals surface area contributed by atoms with Crippen LogP contribution < -0.4 is 0 Å². The van der Waals surface area contributed by atoms with Crippen LogP contribution in [0, 0.1) is 17.3 Å². The third-order valence-electron chi connectivity index (χ3n) is 7.52. The number of allylic oxidation sites excluding steroid dienone is 3. The Kier molecular flexibility index (Phi) is 17.0. The Bertz CT molecular complexity index is 615. The van der Waals surface area contributed by atoms with Gasteiger partial charge in [-0.05, 0) is 81.5 Å². The minimum absolute atomic E-state index is 0.0164. The van der Waals surface area contributed by atoms with Crippen LogP contribution in [0.2, 0.25) is 0 Å². The van der Waals surface area contributed by atoms with Gasteiger partial charge < -0.3 is 14.6 Å². The zero-order valence-corrected chi connectivity index (χ0v) is 23.1. The van der Waals surface area contributed by atoms with Crippen LogP contribution in [0.15, 0.2) is 24.3 Å². The number of carbonyl (C=O) groups excluding carboxylic acids is 2. The van der Waals surface area contributed by atoms with Gasteiger partial charge in [0.1, 0.15) is 12.4 Å². The Balaban J connectivity index is 0.000000264. The van der Waals surface area contributed by atoms with Crippen LogP contribution in [0.3, 0.4) is 0 Å². The summed E-state index contributed by atoms with van der Waals surface area (Å²) < 4.78 is 5.20. The molecule has 0 aromatic rings. The first-order chi connectivity index (χ1) is 16.8. The van der Waals surface area contributed by atoms with Crippen molar-refractivity contribution in [2.45, 2.75) is 136 Å². The molecule has 1 N–H and O–H groups in total. The van der Waals surface area contributed by atoms with E-state index in [0.29, 0.717) is 18.4 Å². The lowest BCUT2D eigenvalue weighted by atomic mass is 9.64. The van der Waals surface area contributed by atoms with Crippen LogP contribution in [0.5, 0.6) is 0 Å². The van der Waals surface area contributed by atoms with E-state index in [1.165, 1.54) is 64.2 Å². The van der Waals surface area contributed by atoms with Crippen LogP contribution in [0.4, 0.5) is 0 Å². The molecule has 4 nitrogen and oxygen atoms in total. The summed E-state index contributed by atoms with van der Waals surface area (Å²) in [5, 5.41) is 8.49. The second kappa shape index (κ2) is 18.8. The molecule has 202 valence electrons. The predicted octanol–water partition coefficient (Wildman–Crippen LogP) is 8.13. The van der Waals surface area contributed by atoms with Crippen LogP contribution in [-0.2, 0) is 14.3 Å². The van der Waals surface area contributed by atoms with Gasteiger partial charge in [0.2, 0.25) is 0 Å². The number of esters is 1. The van der Waals surface area contributed by atoms with E-state index < -0.39 is 0 Å². The third kappa shape index (κ3) is 14.7. The molecule has 1 unspecified atom stereocenters. The van der Waals surface area contributed by atoms with Crippen LogP contribution in [0.1, 0.15) is 130 Å². The highest BCUT2D eigenvalue weighted by atomic mass is 16.5. The fraction of sp³-hybridized carbons (Fsp3) is 0.806. The maximum absolute atomic E-state index is 10.9. The molecule has 1 atom stereocenters. The quantitative estimate of drug-likeness (QED) is 0.109. The topological polar surface area (TPSA) is 63.6 Å². The summed E-state index contributed by atoms with van der Waals surface area (Å²) in [6.45, 7) is 10.7. The highest BCUT2D eigenvalue weighted by Crippen LogP contribution is 2.46. The highest BCUT2D eigenvalue weighted by Gasteiger charge is 2.34. The third-order valence-corrected chi connectivity index (χ3v) is 7.52. The average molecular weight is 491 g/mol. The second-order valence-electron chi connectivity index (χ2n) is 11.4. The number of ether oxygens (including phenoxy) is 1. The monoisotopic (exact) mass is 490 g/mol. The number of aldehydes is 1. The zero-order valence-electron chi connectivity index (χ0n) is 23.1. The number of aliphatic hydroxyl groups excluding tert-OH is 1. The minimum Gasteiger partial charge on any atom is -0.462 e. The van der Waals surface area contributed by atoms with E-state index in [0.717, 1.165) is 56.6 Å². The average Bonchev–Trinajstić information content (AvgIpc) is 3.21. The van der Waals surface area contributed by atoms with Gasteiger partial charge >= 0.3 is 5.97 Å². The zero-order chi connectivity index (χ0) is 25.9. The van der Waals surface area contributed by atoms with Gasteiger partial charge in [-0.1, -0.05) is 70.6 Å². The van der Waals surface area contributed by atoms with E-state index in [-0.39, 0.29) is 12.1 Å². The summed E-state index contributed by atoms with van der Waals surface area (Å²) in [4.78, 5) is 21.0. The summed E-state index contributed by atoms with van der Waals surface area (Å²) in [7, 11) is 0. The molecule has 0 spiro atoms. The van der Waals surface area contributed by atoms with E-state index in [9.17, 15) is 9.59 Å². The smallest absolute Gasteiger partial charge is 0.306 e. The standard InChI is InChI=1S/C11H20O2.C10H14O.C10H20O/c1-4-7-11(2,3)8-9-5-6-10(12)13-9;11-5-1-2-9-4-3-8-6-10(9)7-8;1-2-3-4-5-6-7-8-9-10-11/h9H,4-8H2,1-3H3;4-5,8,10H,1-3,6-7H2;2,11H,1,3-10H2. The van der Waals surface area contributed by atoms with Gasteiger partial charge in [0.05, 0.1) is 0 Å². The molecular formula is C31H54O4. The maximum Gasteiger partial charge on any atom is 0.306 e. The van der Waals surface area contributed by atoms with Crippen LogP contribution in [0.25, 0.3) is 0 Å². The molecule has 1 aliphatic heterocycles. The van der Waals surface area contributed by atoms with Crippen molar-refractivity contribution in [2.24, 2.45) is 17.3 Å². The van der Waals surface area contributed by atoms with Crippen molar-refractivity contribution < 1.29 is 19.4 Å². The SMILES string of the molecule is C=CCCCCCCCCO.CCCC(C)(C)CC1CCC(=O)O1.O=CCCC1=CCC2CC1C2. The van der Waals surface area contributed by atoms with Crippen molar-refractivity contribution in [1.82, 2.24) is 0 Å². The lowest BCUT2D eigenvalue weighted by molar-refractivity contribution is -0.142. The minimum atomic E-state index is -0.0164. The fourth-order valence-electron chi connectivity index (χ4n) is 5.48. The molecule has 3 aliphatic carbocycles. The Labute approximate surface area is 216 Å². The molecule has 4 heteroatoms. The molecular weight excluding hydrogens is 436 g/mol. The van der Waals surface area contributed by atoms with E-state index in [1.807, 2.05) is 6.08 Å². The lowest BCUT2D eigenvalue weighted by Gasteiger charge is -2.41. The molecule has 2 bridgehead atoms. The van der Waals surface area contributed by atoms with Crippen molar-refractivity contribution in [1.29, 1.82) is 0 Å². The molecule has 2 fully saturated rings. The van der Waals surface area contributed by atoms with Crippen molar-refractivity contribution >= 4 is 12.3 Å². The van der Waals surface area contributed by atoms with E-state index >= 15 is 0 Å². The van der Waals surface area contributed by atoms with Gasteiger partial charge in [0, 0.05) is 19.4 Å². The first kappa shape index (κ1) is 31.6.